The maximum atomic E-state index is 5.18. The first-order chi connectivity index (χ1) is 5.36. The van der Waals surface area contributed by atoms with Gasteiger partial charge in [-0.15, -0.1) is 11.8 Å². The van der Waals surface area contributed by atoms with E-state index in [1.54, 1.807) is 11.8 Å². The molecule has 0 aliphatic carbocycles. The van der Waals surface area contributed by atoms with Crippen LogP contribution in [0.1, 0.15) is 6.92 Å². The van der Waals surface area contributed by atoms with Gasteiger partial charge >= 0.3 is 0 Å². The highest BCUT2D eigenvalue weighted by atomic mass is 32.2. The molecule has 0 saturated carbocycles. The fourth-order valence-corrected chi connectivity index (χ4v) is 1.03. The zero-order chi connectivity index (χ0) is 8.10. The van der Waals surface area contributed by atoms with E-state index in [2.05, 4.69) is 9.97 Å². The van der Waals surface area contributed by atoms with Gasteiger partial charge in [0.1, 0.15) is 11.4 Å². The Morgan fingerprint density at radius 2 is 2.36 bits per heavy atom. The number of thioether (sulfide) groups is 1. The number of hydrogen-bond donors (Lipinski definition) is 0. The van der Waals surface area contributed by atoms with E-state index >= 15 is 0 Å². The van der Waals surface area contributed by atoms with Crippen LogP contribution in [-0.4, -0.2) is 22.8 Å². The van der Waals surface area contributed by atoms with Gasteiger partial charge in [0.05, 0.1) is 6.61 Å². The molecule has 11 heavy (non-hydrogen) atoms. The van der Waals surface area contributed by atoms with E-state index in [-0.39, 0.29) is 0 Å². The summed E-state index contributed by atoms with van der Waals surface area (Å²) in [6, 6.07) is 1.83. The molecule has 0 bridgehead atoms. The molecule has 1 aromatic rings. The molecule has 0 atom stereocenters. The molecule has 0 unspecified atom stereocenters. The predicted molar refractivity (Wildman–Crippen MR) is 45.0 cm³/mol. The van der Waals surface area contributed by atoms with Crippen LogP contribution >= 0.6 is 11.8 Å². The standard InChI is InChI=1S/C7H10N2OS/c1-3-10-6-4-7(11-2)9-5-8-6/h4-5H,3H2,1-2H3. The second kappa shape index (κ2) is 4.18. The predicted octanol–water partition coefficient (Wildman–Crippen LogP) is 1.60. The van der Waals surface area contributed by atoms with Gasteiger partial charge in [0.25, 0.3) is 0 Å². The van der Waals surface area contributed by atoms with Gasteiger partial charge in [0, 0.05) is 6.07 Å². The topological polar surface area (TPSA) is 35.0 Å². The van der Waals surface area contributed by atoms with Gasteiger partial charge in [-0.05, 0) is 13.2 Å². The van der Waals surface area contributed by atoms with Crippen molar-refractivity contribution < 1.29 is 4.74 Å². The summed E-state index contributed by atoms with van der Waals surface area (Å²) < 4.78 is 5.18. The summed E-state index contributed by atoms with van der Waals surface area (Å²) in [6.45, 7) is 2.58. The van der Waals surface area contributed by atoms with E-state index in [0.29, 0.717) is 12.5 Å². The maximum absolute atomic E-state index is 5.18. The molecule has 0 N–H and O–H groups in total. The van der Waals surface area contributed by atoms with Gasteiger partial charge in [-0.2, -0.15) is 0 Å². The van der Waals surface area contributed by atoms with Crippen LogP contribution in [0.2, 0.25) is 0 Å². The minimum atomic E-state index is 0.644. The molecule has 0 aromatic carbocycles. The fourth-order valence-electron chi connectivity index (χ4n) is 0.661. The van der Waals surface area contributed by atoms with Crippen LogP contribution in [0.25, 0.3) is 0 Å². The molecule has 3 nitrogen and oxygen atoms in total. The summed E-state index contributed by atoms with van der Waals surface area (Å²) in [7, 11) is 0. The van der Waals surface area contributed by atoms with Crippen LogP contribution in [0, 0.1) is 0 Å². The number of hydrogen-bond acceptors (Lipinski definition) is 4. The molecule has 0 amide bonds. The van der Waals surface area contributed by atoms with E-state index in [1.165, 1.54) is 6.33 Å². The average Bonchev–Trinajstić information content (AvgIpc) is 2.06. The summed E-state index contributed by atoms with van der Waals surface area (Å²) in [5.74, 6) is 0.645. The first kappa shape index (κ1) is 8.33. The van der Waals surface area contributed by atoms with Crippen molar-refractivity contribution in [2.24, 2.45) is 0 Å². The Bertz CT molecular complexity index is 229. The Morgan fingerprint density at radius 1 is 1.55 bits per heavy atom. The third-order valence-electron chi connectivity index (χ3n) is 1.12. The number of ether oxygens (including phenoxy) is 1. The normalized spacial score (nSPS) is 9.64. The zero-order valence-corrected chi connectivity index (χ0v) is 7.39. The molecule has 0 radical (unpaired) electrons. The van der Waals surface area contributed by atoms with Gasteiger partial charge in [-0.1, -0.05) is 0 Å². The SMILES string of the molecule is CCOc1cc(SC)ncn1. The Hall–Kier alpha value is -0.770. The van der Waals surface area contributed by atoms with Gasteiger partial charge < -0.3 is 4.74 Å². The highest BCUT2D eigenvalue weighted by Crippen LogP contribution is 2.14. The lowest BCUT2D eigenvalue weighted by atomic mass is 10.6. The summed E-state index contributed by atoms with van der Waals surface area (Å²) in [4.78, 5) is 7.94. The first-order valence-electron chi connectivity index (χ1n) is 3.35. The molecular formula is C7H10N2OS. The van der Waals surface area contributed by atoms with Gasteiger partial charge in [0.2, 0.25) is 5.88 Å². The Balaban J connectivity index is 2.74. The van der Waals surface area contributed by atoms with Gasteiger partial charge in [0.15, 0.2) is 0 Å². The molecule has 0 saturated heterocycles. The largest absolute Gasteiger partial charge is 0.478 e. The molecule has 4 heteroatoms. The molecule has 60 valence electrons. The number of nitrogens with zero attached hydrogens (tertiary/aromatic N) is 2. The average molecular weight is 170 g/mol. The van der Waals surface area contributed by atoms with Crippen LogP contribution in [0.3, 0.4) is 0 Å². The van der Waals surface area contributed by atoms with Crippen molar-refractivity contribution in [1.29, 1.82) is 0 Å². The monoisotopic (exact) mass is 170 g/mol. The lowest BCUT2D eigenvalue weighted by Crippen LogP contribution is -1.94. The first-order valence-corrected chi connectivity index (χ1v) is 4.58. The van der Waals surface area contributed by atoms with Crippen LogP contribution in [0.4, 0.5) is 0 Å². The maximum Gasteiger partial charge on any atom is 0.217 e. The lowest BCUT2D eigenvalue weighted by Gasteiger charge is -2.00. The molecule has 0 aliphatic heterocycles. The highest BCUT2D eigenvalue weighted by Gasteiger charge is 1.95. The van der Waals surface area contributed by atoms with Gasteiger partial charge in [-0.25, -0.2) is 9.97 Å². The van der Waals surface area contributed by atoms with Crippen molar-refractivity contribution in [3.8, 4) is 5.88 Å². The summed E-state index contributed by atoms with van der Waals surface area (Å²) in [5.41, 5.74) is 0. The van der Waals surface area contributed by atoms with E-state index in [4.69, 9.17) is 4.74 Å². The van der Waals surface area contributed by atoms with Crippen molar-refractivity contribution in [3.63, 3.8) is 0 Å². The van der Waals surface area contributed by atoms with Crippen molar-refractivity contribution >= 4 is 11.8 Å². The number of aromatic nitrogens is 2. The van der Waals surface area contributed by atoms with Crippen LogP contribution < -0.4 is 4.74 Å². The van der Waals surface area contributed by atoms with E-state index < -0.39 is 0 Å². The lowest BCUT2D eigenvalue weighted by molar-refractivity contribution is 0.325. The second-order valence-corrected chi connectivity index (χ2v) is 2.66. The Labute approximate surface area is 70.2 Å². The van der Waals surface area contributed by atoms with Crippen molar-refractivity contribution in [1.82, 2.24) is 9.97 Å². The Kier molecular flexibility index (Phi) is 3.16. The Morgan fingerprint density at radius 3 is 3.00 bits per heavy atom. The zero-order valence-electron chi connectivity index (χ0n) is 6.57. The molecule has 1 rings (SSSR count). The summed E-state index contributed by atoms with van der Waals surface area (Å²) in [6.07, 6.45) is 3.48. The second-order valence-electron chi connectivity index (χ2n) is 1.83. The van der Waals surface area contributed by atoms with Crippen LogP contribution in [0.5, 0.6) is 5.88 Å². The molecular weight excluding hydrogens is 160 g/mol. The fraction of sp³-hybridized carbons (Fsp3) is 0.429. The quantitative estimate of drug-likeness (QED) is 0.510. The van der Waals surface area contributed by atoms with E-state index in [9.17, 15) is 0 Å². The van der Waals surface area contributed by atoms with Crippen LogP contribution in [0.15, 0.2) is 17.4 Å². The molecule has 0 spiro atoms. The summed E-state index contributed by atoms with van der Waals surface area (Å²) in [5, 5.41) is 0.934. The third kappa shape index (κ3) is 2.38. The third-order valence-corrected chi connectivity index (χ3v) is 1.76. The highest BCUT2D eigenvalue weighted by molar-refractivity contribution is 7.98. The molecule has 0 aliphatic rings. The smallest absolute Gasteiger partial charge is 0.217 e. The van der Waals surface area contributed by atoms with Crippen LogP contribution in [-0.2, 0) is 0 Å². The molecule has 0 fully saturated rings. The minimum absolute atomic E-state index is 0.644. The van der Waals surface area contributed by atoms with Crippen molar-refractivity contribution in [2.75, 3.05) is 12.9 Å². The molecule has 1 aromatic heterocycles. The van der Waals surface area contributed by atoms with Gasteiger partial charge in [-0.3, -0.25) is 0 Å². The van der Waals surface area contributed by atoms with Crippen molar-refractivity contribution in [2.45, 2.75) is 11.9 Å². The summed E-state index contributed by atoms with van der Waals surface area (Å²) >= 11 is 1.58. The van der Waals surface area contributed by atoms with E-state index in [1.807, 2.05) is 19.2 Å². The number of rotatable bonds is 3. The minimum Gasteiger partial charge on any atom is -0.478 e. The van der Waals surface area contributed by atoms with E-state index in [0.717, 1.165) is 5.03 Å². The molecule has 1 heterocycles. The van der Waals surface area contributed by atoms with Crippen molar-refractivity contribution in [3.05, 3.63) is 12.4 Å².